The van der Waals surface area contributed by atoms with Crippen molar-refractivity contribution >= 4 is 11.8 Å². The Morgan fingerprint density at radius 1 is 0.818 bits per heavy atom. The predicted octanol–water partition coefficient (Wildman–Crippen LogP) is 5.02. The highest BCUT2D eigenvalue weighted by Gasteiger charge is 2.46. The van der Waals surface area contributed by atoms with E-state index in [1.54, 1.807) is 0 Å². The Labute approximate surface area is 189 Å². The smallest absolute Gasteiger partial charge is 0.344 e. The summed E-state index contributed by atoms with van der Waals surface area (Å²) < 4.78 is 38.8. The van der Waals surface area contributed by atoms with Crippen LogP contribution in [0.3, 0.4) is 0 Å². The van der Waals surface area contributed by atoms with Crippen molar-refractivity contribution in [2.45, 2.75) is 31.1 Å². The zero-order valence-electron chi connectivity index (χ0n) is 17.7. The van der Waals surface area contributed by atoms with E-state index in [1.807, 2.05) is 90.2 Å². The molecule has 0 spiro atoms. The molecule has 1 saturated heterocycles. The molecule has 33 heavy (non-hydrogen) atoms. The van der Waals surface area contributed by atoms with Crippen LogP contribution >= 0.6 is 0 Å². The van der Waals surface area contributed by atoms with Gasteiger partial charge in [0.1, 0.15) is 12.0 Å². The van der Waals surface area contributed by atoms with Crippen LogP contribution < -0.4 is 10.6 Å². The van der Waals surface area contributed by atoms with Crippen molar-refractivity contribution in [3.05, 3.63) is 96.1 Å². The molecule has 0 aliphatic carbocycles. The van der Waals surface area contributed by atoms with Crippen LogP contribution in [0.15, 0.2) is 84.9 Å². The Balaban J connectivity index is 1.55. The molecule has 3 unspecified atom stereocenters. The molecule has 0 radical (unpaired) electrons. The summed E-state index contributed by atoms with van der Waals surface area (Å²) in [7, 11) is 0. The van der Waals surface area contributed by atoms with Gasteiger partial charge in [-0.1, -0.05) is 84.9 Å². The van der Waals surface area contributed by atoms with Gasteiger partial charge in [-0.25, -0.2) is 0 Å². The van der Waals surface area contributed by atoms with E-state index >= 15 is 0 Å². The Hall–Kier alpha value is -3.61. The minimum Gasteiger partial charge on any atom is -0.344 e. The number of halogens is 3. The van der Waals surface area contributed by atoms with Crippen LogP contribution in [0.5, 0.6) is 0 Å². The first-order valence-corrected chi connectivity index (χ1v) is 10.7. The molecule has 4 rings (SSSR count). The lowest BCUT2D eigenvalue weighted by molar-refractivity contribution is -0.171. The third kappa shape index (κ3) is 5.25. The second-order valence-electron chi connectivity index (χ2n) is 8.07. The number of carbonyl (C=O) groups is 2. The van der Waals surface area contributed by atoms with Crippen LogP contribution in [0.25, 0.3) is 11.1 Å². The SMILES string of the molecule is O=C(NC(c1ccccc1)c1ccc(-c2ccccc2)cc1)C1CCC(C(F)(F)F)NC1=O. The van der Waals surface area contributed by atoms with Crippen molar-refractivity contribution in [1.82, 2.24) is 10.6 Å². The molecule has 0 aromatic heterocycles. The number of rotatable bonds is 5. The first-order chi connectivity index (χ1) is 15.8. The minimum atomic E-state index is -4.52. The molecule has 170 valence electrons. The van der Waals surface area contributed by atoms with Crippen LogP contribution in [0.1, 0.15) is 30.0 Å². The molecule has 7 heteroatoms. The number of hydrogen-bond acceptors (Lipinski definition) is 2. The third-order valence-electron chi connectivity index (χ3n) is 5.86. The summed E-state index contributed by atoms with van der Waals surface area (Å²) in [5.41, 5.74) is 3.69. The number of piperidine rings is 1. The van der Waals surface area contributed by atoms with Gasteiger partial charge in [-0.2, -0.15) is 13.2 Å². The monoisotopic (exact) mass is 452 g/mol. The van der Waals surface area contributed by atoms with Crippen molar-refractivity contribution in [2.75, 3.05) is 0 Å². The van der Waals surface area contributed by atoms with Crippen LogP contribution in [0.2, 0.25) is 0 Å². The highest BCUT2D eigenvalue weighted by atomic mass is 19.4. The lowest BCUT2D eigenvalue weighted by atomic mass is 9.91. The summed E-state index contributed by atoms with van der Waals surface area (Å²) in [5.74, 6) is -2.65. The number of nitrogens with one attached hydrogen (secondary N) is 2. The molecule has 1 heterocycles. The van der Waals surface area contributed by atoms with E-state index in [4.69, 9.17) is 0 Å². The molecule has 0 bridgehead atoms. The van der Waals surface area contributed by atoms with E-state index in [1.165, 1.54) is 0 Å². The number of benzene rings is 3. The second kappa shape index (κ2) is 9.48. The number of alkyl halides is 3. The minimum absolute atomic E-state index is 0.156. The summed E-state index contributed by atoms with van der Waals surface area (Å²) in [6, 6.07) is 24.4. The number of amides is 2. The van der Waals surface area contributed by atoms with E-state index in [0.717, 1.165) is 22.3 Å². The number of carbonyl (C=O) groups excluding carboxylic acids is 2. The molecule has 2 amide bonds. The average molecular weight is 452 g/mol. The topological polar surface area (TPSA) is 58.2 Å². The molecule has 3 atom stereocenters. The van der Waals surface area contributed by atoms with Crippen LogP contribution in [-0.4, -0.2) is 24.0 Å². The van der Waals surface area contributed by atoms with Gasteiger partial charge in [0.25, 0.3) is 0 Å². The largest absolute Gasteiger partial charge is 0.408 e. The first-order valence-electron chi connectivity index (χ1n) is 10.7. The third-order valence-corrected chi connectivity index (χ3v) is 5.86. The molecular weight excluding hydrogens is 429 g/mol. The highest BCUT2D eigenvalue weighted by molar-refractivity contribution is 6.01. The molecule has 1 fully saturated rings. The van der Waals surface area contributed by atoms with Gasteiger partial charge in [0.05, 0.1) is 6.04 Å². The van der Waals surface area contributed by atoms with Gasteiger partial charge >= 0.3 is 6.18 Å². The molecule has 1 aliphatic heterocycles. The van der Waals surface area contributed by atoms with Crippen LogP contribution in [0.4, 0.5) is 13.2 Å². The lowest BCUT2D eigenvalue weighted by Gasteiger charge is -2.31. The van der Waals surface area contributed by atoms with Crippen molar-refractivity contribution in [3.63, 3.8) is 0 Å². The molecule has 1 aliphatic rings. The second-order valence-corrected chi connectivity index (χ2v) is 8.07. The van der Waals surface area contributed by atoms with Gasteiger partial charge in [-0.3, -0.25) is 9.59 Å². The number of hydrogen-bond donors (Lipinski definition) is 2. The normalized spacial score (nSPS) is 19.4. The van der Waals surface area contributed by atoms with Crippen LogP contribution in [0, 0.1) is 5.92 Å². The summed E-state index contributed by atoms with van der Waals surface area (Å²) in [6.07, 6.45) is -5.00. The molecule has 0 saturated carbocycles. The van der Waals surface area contributed by atoms with E-state index in [0.29, 0.717) is 0 Å². The summed E-state index contributed by atoms with van der Waals surface area (Å²) in [5, 5.41) is 4.82. The van der Waals surface area contributed by atoms with Gasteiger partial charge in [0, 0.05) is 0 Å². The van der Waals surface area contributed by atoms with Gasteiger partial charge in [0.15, 0.2) is 0 Å². The standard InChI is InChI=1S/C26H23F3N2O2/c27-26(28,29)22-16-15-21(24(32)30-22)25(33)31-23(19-9-5-2-6-10-19)20-13-11-18(12-14-20)17-7-3-1-4-8-17/h1-14,21-23H,15-16H2,(H,30,32)(H,31,33). The summed E-state index contributed by atoms with van der Waals surface area (Å²) in [4.78, 5) is 25.2. The van der Waals surface area contributed by atoms with Gasteiger partial charge in [-0.15, -0.1) is 0 Å². The van der Waals surface area contributed by atoms with Crippen molar-refractivity contribution < 1.29 is 22.8 Å². The fraction of sp³-hybridized carbons (Fsp3) is 0.231. The van der Waals surface area contributed by atoms with Gasteiger partial charge in [0.2, 0.25) is 11.8 Å². The van der Waals surface area contributed by atoms with Gasteiger partial charge < -0.3 is 10.6 Å². The zero-order valence-corrected chi connectivity index (χ0v) is 17.7. The van der Waals surface area contributed by atoms with Crippen molar-refractivity contribution in [1.29, 1.82) is 0 Å². The van der Waals surface area contributed by atoms with E-state index in [9.17, 15) is 22.8 Å². The van der Waals surface area contributed by atoms with E-state index in [2.05, 4.69) is 5.32 Å². The average Bonchev–Trinajstić information content (AvgIpc) is 2.83. The Bertz CT molecular complexity index is 1100. The molecule has 3 aromatic carbocycles. The highest BCUT2D eigenvalue weighted by Crippen LogP contribution is 2.30. The predicted molar refractivity (Wildman–Crippen MR) is 119 cm³/mol. The van der Waals surface area contributed by atoms with E-state index in [-0.39, 0.29) is 12.8 Å². The molecule has 2 N–H and O–H groups in total. The lowest BCUT2D eigenvalue weighted by Crippen LogP contribution is -2.54. The van der Waals surface area contributed by atoms with Crippen molar-refractivity contribution in [2.24, 2.45) is 5.92 Å². The van der Waals surface area contributed by atoms with Crippen molar-refractivity contribution in [3.8, 4) is 11.1 Å². The van der Waals surface area contributed by atoms with Gasteiger partial charge in [-0.05, 0) is 35.1 Å². The maximum absolute atomic E-state index is 13.0. The summed E-state index contributed by atoms with van der Waals surface area (Å²) >= 11 is 0. The zero-order chi connectivity index (χ0) is 23.4. The maximum Gasteiger partial charge on any atom is 0.408 e. The van der Waals surface area contributed by atoms with E-state index < -0.39 is 36.0 Å². The Morgan fingerprint density at radius 3 is 1.94 bits per heavy atom. The Morgan fingerprint density at radius 2 is 1.36 bits per heavy atom. The quantitative estimate of drug-likeness (QED) is 0.535. The Kier molecular flexibility index (Phi) is 6.49. The summed E-state index contributed by atoms with van der Waals surface area (Å²) in [6.45, 7) is 0. The fourth-order valence-corrected chi connectivity index (χ4v) is 4.05. The molecular formula is C26H23F3N2O2. The maximum atomic E-state index is 13.0. The van der Waals surface area contributed by atoms with Crippen LogP contribution in [-0.2, 0) is 9.59 Å². The first kappa shape index (κ1) is 22.6. The fourth-order valence-electron chi connectivity index (χ4n) is 4.05. The molecule has 4 nitrogen and oxygen atoms in total. The molecule has 3 aromatic rings.